The number of thiazole rings is 1. The molecule has 0 bridgehead atoms. The number of rotatable bonds is 6. The average Bonchev–Trinajstić information content (AvgIpc) is 2.90. The van der Waals surface area contributed by atoms with E-state index in [0.717, 1.165) is 23.3 Å². The van der Waals surface area contributed by atoms with Gasteiger partial charge in [-0.3, -0.25) is 9.36 Å². The molecule has 1 N–H and O–H groups in total. The Morgan fingerprint density at radius 3 is 2.54 bits per heavy atom. The van der Waals surface area contributed by atoms with Gasteiger partial charge in [0.15, 0.2) is 0 Å². The second-order valence-electron chi connectivity index (χ2n) is 6.04. The number of aryl methyl sites for hydroxylation is 1. The van der Waals surface area contributed by atoms with E-state index in [1.54, 1.807) is 29.7 Å². The lowest BCUT2D eigenvalue weighted by Crippen LogP contribution is -2.26. The molecule has 1 heterocycles. The van der Waals surface area contributed by atoms with Gasteiger partial charge in [0.05, 0.1) is 15.1 Å². The monoisotopic (exact) mass is 394 g/mol. The fraction of sp³-hybridized carbons (Fsp3) is 0.278. The molecule has 0 saturated heterocycles. The number of hydrogen-bond acceptors (Lipinski definition) is 4. The molecule has 26 heavy (non-hydrogen) atoms. The SMILES string of the molecule is CCCn1c(=O)sc2cc(S(=O)(=O)NC(C)c3ccc(F)cc3)ccc21. The van der Waals surface area contributed by atoms with E-state index in [4.69, 9.17) is 0 Å². The Labute approximate surface area is 155 Å². The Morgan fingerprint density at radius 2 is 1.88 bits per heavy atom. The maximum absolute atomic E-state index is 13.0. The van der Waals surface area contributed by atoms with Crippen molar-refractivity contribution >= 4 is 31.6 Å². The first-order valence-electron chi connectivity index (χ1n) is 8.23. The molecule has 1 unspecified atom stereocenters. The van der Waals surface area contributed by atoms with Crippen molar-refractivity contribution in [3.05, 3.63) is 63.5 Å². The molecule has 0 aliphatic rings. The van der Waals surface area contributed by atoms with Gasteiger partial charge in [0, 0.05) is 12.6 Å². The number of nitrogens with one attached hydrogen (secondary N) is 1. The van der Waals surface area contributed by atoms with Crippen molar-refractivity contribution in [1.29, 1.82) is 0 Å². The first-order chi connectivity index (χ1) is 12.3. The summed E-state index contributed by atoms with van der Waals surface area (Å²) in [7, 11) is -3.77. The summed E-state index contributed by atoms with van der Waals surface area (Å²) < 4.78 is 43.3. The van der Waals surface area contributed by atoms with Crippen molar-refractivity contribution in [3.63, 3.8) is 0 Å². The molecular formula is C18H19FN2O3S2. The first kappa shape index (κ1) is 18.8. The number of sulfonamides is 1. The number of aromatic nitrogens is 1. The number of halogens is 1. The second-order valence-corrected chi connectivity index (χ2v) is 8.75. The maximum atomic E-state index is 13.0. The zero-order valence-corrected chi connectivity index (χ0v) is 16.0. The van der Waals surface area contributed by atoms with Crippen LogP contribution in [0.4, 0.5) is 4.39 Å². The van der Waals surface area contributed by atoms with Gasteiger partial charge in [-0.15, -0.1) is 0 Å². The predicted octanol–water partition coefficient (Wildman–Crippen LogP) is 3.65. The van der Waals surface area contributed by atoms with Crippen LogP contribution in [0.2, 0.25) is 0 Å². The van der Waals surface area contributed by atoms with Crippen molar-refractivity contribution in [2.24, 2.45) is 0 Å². The van der Waals surface area contributed by atoms with Crippen LogP contribution in [0.15, 0.2) is 52.2 Å². The number of hydrogen-bond donors (Lipinski definition) is 1. The summed E-state index contributed by atoms with van der Waals surface area (Å²) in [6, 6.07) is 9.85. The topological polar surface area (TPSA) is 68.2 Å². The Kier molecular flexibility index (Phi) is 5.27. The van der Waals surface area contributed by atoms with Gasteiger partial charge in [0.2, 0.25) is 10.0 Å². The molecule has 138 valence electrons. The van der Waals surface area contributed by atoms with E-state index in [9.17, 15) is 17.6 Å². The van der Waals surface area contributed by atoms with Gasteiger partial charge in [-0.1, -0.05) is 30.4 Å². The molecule has 0 radical (unpaired) electrons. The molecule has 3 aromatic rings. The first-order valence-corrected chi connectivity index (χ1v) is 10.5. The molecule has 2 aromatic carbocycles. The Morgan fingerprint density at radius 1 is 1.19 bits per heavy atom. The molecule has 5 nitrogen and oxygen atoms in total. The highest BCUT2D eigenvalue weighted by Gasteiger charge is 2.20. The molecule has 3 rings (SSSR count). The van der Waals surface area contributed by atoms with Crippen LogP contribution in [-0.2, 0) is 16.6 Å². The summed E-state index contributed by atoms with van der Waals surface area (Å²) in [5.41, 5.74) is 1.40. The van der Waals surface area contributed by atoms with Gasteiger partial charge >= 0.3 is 4.87 Å². The molecular weight excluding hydrogens is 375 g/mol. The summed E-state index contributed by atoms with van der Waals surface area (Å²) in [5.74, 6) is -0.374. The van der Waals surface area contributed by atoms with Crippen LogP contribution in [0.25, 0.3) is 10.2 Å². The van der Waals surface area contributed by atoms with E-state index in [0.29, 0.717) is 16.8 Å². The van der Waals surface area contributed by atoms with E-state index in [-0.39, 0.29) is 15.6 Å². The van der Waals surface area contributed by atoms with Crippen molar-refractivity contribution in [1.82, 2.24) is 9.29 Å². The fourth-order valence-corrected chi connectivity index (χ4v) is 5.06. The summed E-state index contributed by atoms with van der Waals surface area (Å²) in [5, 5.41) is 0. The third kappa shape index (κ3) is 3.72. The Balaban J connectivity index is 1.91. The van der Waals surface area contributed by atoms with Gasteiger partial charge in [-0.2, -0.15) is 0 Å². The van der Waals surface area contributed by atoms with E-state index < -0.39 is 16.1 Å². The molecule has 1 aromatic heterocycles. The highest BCUT2D eigenvalue weighted by atomic mass is 32.2. The van der Waals surface area contributed by atoms with Crippen molar-refractivity contribution < 1.29 is 12.8 Å². The van der Waals surface area contributed by atoms with Crippen LogP contribution in [-0.4, -0.2) is 13.0 Å². The normalized spacial score (nSPS) is 13.2. The van der Waals surface area contributed by atoms with Gasteiger partial charge < -0.3 is 0 Å². The lowest BCUT2D eigenvalue weighted by atomic mass is 10.1. The quantitative estimate of drug-likeness (QED) is 0.694. The van der Waals surface area contributed by atoms with Crippen LogP contribution in [0, 0.1) is 5.82 Å². The molecule has 0 fully saturated rings. The van der Waals surface area contributed by atoms with Gasteiger partial charge in [0.25, 0.3) is 0 Å². The number of nitrogens with zero attached hydrogens (tertiary/aromatic N) is 1. The lowest BCUT2D eigenvalue weighted by Gasteiger charge is -2.15. The predicted molar refractivity (Wildman–Crippen MR) is 102 cm³/mol. The smallest absolute Gasteiger partial charge is 0.299 e. The maximum Gasteiger partial charge on any atom is 0.308 e. The van der Waals surface area contributed by atoms with Crippen molar-refractivity contribution in [2.75, 3.05) is 0 Å². The fourth-order valence-electron chi connectivity index (χ4n) is 2.77. The zero-order valence-electron chi connectivity index (χ0n) is 14.4. The van der Waals surface area contributed by atoms with Crippen LogP contribution >= 0.6 is 11.3 Å². The molecule has 0 aliphatic carbocycles. The number of fused-ring (bicyclic) bond motifs is 1. The third-order valence-corrected chi connectivity index (χ3v) is 6.58. The largest absolute Gasteiger partial charge is 0.308 e. The highest BCUT2D eigenvalue weighted by molar-refractivity contribution is 7.89. The minimum Gasteiger partial charge on any atom is -0.299 e. The van der Waals surface area contributed by atoms with Gasteiger partial charge in [0.1, 0.15) is 5.82 Å². The molecule has 1 atom stereocenters. The van der Waals surface area contributed by atoms with Crippen LogP contribution in [0.3, 0.4) is 0 Å². The van der Waals surface area contributed by atoms with Gasteiger partial charge in [-0.25, -0.2) is 17.5 Å². The van der Waals surface area contributed by atoms with Crippen molar-refractivity contribution in [2.45, 2.75) is 37.8 Å². The van der Waals surface area contributed by atoms with E-state index in [1.807, 2.05) is 6.92 Å². The molecule has 0 spiro atoms. The van der Waals surface area contributed by atoms with Crippen molar-refractivity contribution in [3.8, 4) is 0 Å². The highest BCUT2D eigenvalue weighted by Crippen LogP contribution is 2.23. The molecule has 0 saturated carbocycles. The van der Waals surface area contributed by atoms with E-state index in [1.165, 1.54) is 24.3 Å². The van der Waals surface area contributed by atoms with Crippen LogP contribution in [0.5, 0.6) is 0 Å². The Bertz CT molecular complexity index is 1090. The molecule has 0 amide bonds. The van der Waals surface area contributed by atoms with Crippen LogP contribution in [0.1, 0.15) is 31.9 Å². The van der Waals surface area contributed by atoms with E-state index in [2.05, 4.69) is 4.72 Å². The van der Waals surface area contributed by atoms with Gasteiger partial charge in [-0.05, 0) is 49.2 Å². The molecule has 8 heteroatoms. The third-order valence-electron chi connectivity index (χ3n) is 4.10. The standard InChI is InChI=1S/C18H19FN2O3S2/c1-3-10-21-16-9-8-15(11-17(16)25-18(21)22)26(23,24)20-12(2)13-4-6-14(19)7-5-13/h4-9,11-12,20H,3,10H2,1-2H3. The summed E-state index contributed by atoms with van der Waals surface area (Å²) in [6.07, 6.45) is 0.822. The summed E-state index contributed by atoms with van der Waals surface area (Å²) >= 11 is 1.04. The number of benzene rings is 2. The lowest BCUT2D eigenvalue weighted by molar-refractivity contribution is 0.566. The Hall–Kier alpha value is -2.03. The van der Waals surface area contributed by atoms with E-state index >= 15 is 0 Å². The second kappa shape index (κ2) is 7.30. The summed E-state index contributed by atoms with van der Waals surface area (Å²) in [4.78, 5) is 12.1. The minimum atomic E-state index is -3.77. The average molecular weight is 394 g/mol. The summed E-state index contributed by atoms with van der Waals surface area (Å²) in [6.45, 7) is 4.28. The molecule has 0 aliphatic heterocycles. The van der Waals surface area contributed by atoms with Crippen LogP contribution < -0.4 is 9.60 Å². The zero-order chi connectivity index (χ0) is 18.9. The minimum absolute atomic E-state index is 0.0935.